The highest BCUT2D eigenvalue weighted by Crippen LogP contribution is 2.22. The van der Waals surface area contributed by atoms with Crippen molar-refractivity contribution in [1.82, 2.24) is 9.55 Å². The first-order valence-corrected chi connectivity index (χ1v) is 6.83. The Morgan fingerprint density at radius 2 is 2.25 bits per heavy atom. The second kappa shape index (κ2) is 3.74. The molecule has 1 aromatic rings. The number of sulfone groups is 1. The van der Waals surface area contributed by atoms with Gasteiger partial charge < -0.3 is 5.73 Å². The maximum absolute atomic E-state index is 11.7. The van der Waals surface area contributed by atoms with Crippen molar-refractivity contribution in [1.29, 1.82) is 0 Å². The van der Waals surface area contributed by atoms with E-state index in [0.717, 1.165) is 0 Å². The van der Waals surface area contributed by atoms with Crippen LogP contribution in [0.15, 0.2) is 11.1 Å². The Morgan fingerprint density at radius 1 is 1.56 bits per heavy atom. The van der Waals surface area contributed by atoms with Crippen LogP contribution in [-0.2, 0) is 9.84 Å². The zero-order valence-corrected chi connectivity index (χ0v) is 9.83. The number of hydrogen-bond donors (Lipinski definition) is 1. The van der Waals surface area contributed by atoms with Crippen LogP contribution in [0, 0.1) is 0 Å². The van der Waals surface area contributed by atoms with E-state index in [1.807, 2.05) is 0 Å². The molecule has 6 nitrogen and oxygen atoms in total. The van der Waals surface area contributed by atoms with E-state index in [4.69, 9.17) is 17.3 Å². The standard InChI is InChI=1S/C8H10ClN3O3S/c9-7-6(10)8(13)12(4-11-7)5-1-2-16(14,15)3-5/h4-5H,1-3,10H2. The third-order valence-electron chi connectivity index (χ3n) is 2.58. The Kier molecular flexibility index (Phi) is 2.67. The molecule has 1 unspecified atom stereocenters. The number of rotatable bonds is 1. The minimum absolute atomic E-state index is 0.0460. The summed E-state index contributed by atoms with van der Waals surface area (Å²) in [6.07, 6.45) is 1.65. The molecule has 1 aliphatic heterocycles. The van der Waals surface area contributed by atoms with E-state index in [9.17, 15) is 13.2 Å². The van der Waals surface area contributed by atoms with Crippen molar-refractivity contribution in [3.05, 3.63) is 21.8 Å². The quantitative estimate of drug-likeness (QED) is 0.711. The largest absolute Gasteiger partial charge is 0.392 e. The number of halogens is 1. The highest BCUT2D eigenvalue weighted by Gasteiger charge is 2.30. The summed E-state index contributed by atoms with van der Waals surface area (Å²) < 4.78 is 23.8. The van der Waals surface area contributed by atoms with Crippen molar-refractivity contribution in [3.8, 4) is 0 Å². The van der Waals surface area contributed by atoms with Crippen LogP contribution in [0.2, 0.25) is 5.15 Å². The van der Waals surface area contributed by atoms with Gasteiger partial charge in [0.15, 0.2) is 15.0 Å². The average Bonchev–Trinajstić information content (AvgIpc) is 2.55. The van der Waals surface area contributed by atoms with Gasteiger partial charge in [0, 0.05) is 0 Å². The molecule has 0 aromatic carbocycles. The van der Waals surface area contributed by atoms with E-state index in [2.05, 4.69) is 4.98 Å². The van der Waals surface area contributed by atoms with Crippen molar-refractivity contribution in [2.45, 2.75) is 12.5 Å². The summed E-state index contributed by atoms with van der Waals surface area (Å²) in [5.41, 5.74) is 4.81. The van der Waals surface area contributed by atoms with Gasteiger partial charge in [0.2, 0.25) is 0 Å². The van der Waals surface area contributed by atoms with Crippen molar-refractivity contribution >= 4 is 27.1 Å². The van der Waals surface area contributed by atoms with Crippen molar-refractivity contribution in [2.75, 3.05) is 17.2 Å². The summed E-state index contributed by atoms with van der Waals surface area (Å²) in [6, 6.07) is -0.385. The fraction of sp³-hybridized carbons (Fsp3) is 0.500. The molecule has 1 aliphatic rings. The molecular formula is C8H10ClN3O3S. The van der Waals surface area contributed by atoms with Crippen molar-refractivity contribution < 1.29 is 8.42 Å². The van der Waals surface area contributed by atoms with Crippen LogP contribution in [0.5, 0.6) is 0 Å². The van der Waals surface area contributed by atoms with Gasteiger partial charge in [0.05, 0.1) is 23.9 Å². The topological polar surface area (TPSA) is 95.0 Å². The fourth-order valence-corrected chi connectivity index (χ4v) is 3.55. The molecule has 0 spiro atoms. The van der Waals surface area contributed by atoms with Crippen LogP contribution in [0.4, 0.5) is 5.69 Å². The van der Waals surface area contributed by atoms with Crippen molar-refractivity contribution in [3.63, 3.8) is 0 Å². The highest BCUT2D eigenvalue weighted by molar-refractivity contribution is 7.91. The second-order valence-corrected chi connectivity index (χ2v) is 6.31. The molecular weight excluding hydrogens is 254 g/mol. The lowest BCUT2D eigenvalue weighted by atomic mass is 10.2. The van der Waals surface area contributed by atoms with Gasteiger partial charge in [-0.25, -0.2) is 13.4 Å². The van der Waals surface area contributed by atoms with Crippen molar-refractivity contribution in [2.24, 2.45) is 0 Å². The van der Waals surface area contributed by atoms with Crippen LogP contribution in [0.25, 0.3) is 0 Å². The summed E-state index contributed by atoms with van der Waals surface area (Å²) in [4.78, 5) is 15.4. The van der Waals surface area contributed by atoms with E-state index in [1.165, 1.54) is 10.9 Å². The van der Waals surface area contributed by atoms with Crippen LogP contribution in [0.3, 0.4) is 0 Å². The fourth-order valence-electron chi connectivity index (χ4n) is 1.72. The number of nitrogen functional groups attached to an aromatic ring is 1. The lowest BCUT2D eigenvalue weighted by Gasteiger charge is -2.12. The van der Waals surface area contributed by atoms with Gasteiger partial charge in [-0.15, -0.1) is 0 Å². The van der Waals surface area contributed by atoms with E-state index in [-0.39, 0.29) is 28.4 Å². The van der Waals surface area contributed by atoms with Gasteiger partial charge in [-0.1, -0.05) is 11.6 Å². The van der Waals surface area contributed by atoms with Crippen LogP contribution in [0.1, 0.15) is 12.5 Å². The molecule has 8 heteroatoms. The molecule has 16 heavy (non-hydrogen) atoms. The van der Waals surface area contributed by atoms with E-state index in [1.54, 1.807) is 0 Å². The summed E-state index contributed by atoms with van der Waals surface area (Å²) in [6.45, 7) is 0. The molecule has 1 aromatic heterocycles. The van der Waals surface area contributed by atoms with E-state index < -0.39 is 15.4 Å². The minimum Gasteiger partial charge on any atom is -0.392 e. The second-order valence-electron chi connectivity index (χ2n) is 3.72. The average molecular weight is 264 g/mol. The number of hydrogen-bond acceptors (Lipinski definition) is 5. The smallest absolute Gasteiger partial charge is 0.278 e. The Labute approximate surface area is 97.0 Å². The predicted octanol–water partition coefficient (Wildman–Crippen LogP) is -0.161. The zero-order chi connectivity index (χ0) is 11.9. The lowest BCUT2D eigenvalue weighted by Crippen LogP contribution is -2.28. The molecule has 0 aliphatic carbocycles. The van der Waals surface area contributed by atoms with Crippen LogP contribution in [-0.4, -0.2) is 29.5 Å². The SMILES string of the molecule is Nc1c(Cl)ncn(C2CCS(=O)(=O)C2)c1=O. The number of anilines is 1. The van der Waals surface area contributed by atoms with Gasteiger partial charge in [-0.05, 0) is 6.42 Å². The molecule has 1 saturated heterocycles. The molecule has 0 saturated carbocycles. The summed E-state index contributed by atoms with van der Waals surface area (Å²) in [5.74, 6) is 0.0439. The molecule has 1 fully saturated rings. The van der Waals surface area contributed by atoms with Gasteiger partial charge in [0.25, 0.3) is 5.56 Å². The molecule has 0 amide bonds. The van der Waals surface area contributed by atoms with E-state index >= 15 is 0 Å². The maximum atomic E-state index is 11.7. The molecule has 0 radical (unpaired) electrons. The Balaban J connectivity index is 2.44. The molecule has 88 valence electrons. The highest BCUT2D eigenvalue weighted by atomic mass is 35.5. The first-order valence-electron chi connectivity index (χ1n) is 4.63. The normalized spacial score (nSPS) is 23.4. The van der Waals surface area contributed by atoms with E-state index in [0.29, 0.717) is 6.42 Å². The maximum Gasteiger partial charge on any atom is 0.278 e. The van der Waals surface area contributed by atoms with Crippen LogP contribution < -0.4 is 11.3 Å². The molecule has 1 atom stereocenters. The van der Waals surface area contributed by atoms with Gasteiger partial charge >= 0.3 is 0 Å². The zero-order valence-electron chi connectivity index (χ0n) is 8.26. The number of nitrogens with two attached hydrogens (primary N) is 1. The minimum atomic E-state index is -3.04. The number of aromatic nitrogens is 2. The first kappa shape index (κ1) is 11.4. The van der Waals surface area contributed by atoms with Gasteiger partial charge in [-0.3, -0.25) is 9.36 Å². The molecule has 2 rings (SSSR count). The molecule has 0 bridgehead atoms. The molecule has 2 N–H and O–H groups in total. The molecule has 2 heterocycles. The van der Waals surface area contributed by atoms with Gasteiger partial charge in [0.1, 0.15) is 5.69 Å². The third-order valence-corrected chi connectivity index (χ3v) is 4.64. The summed E-state index contributed by atoms with van der Waals surface area (Å²) in [7, 11) is -3.04. The van der Waals surface area contributed by atoms with Gasteiger partial charge in [-0.2, -0.15) is 0 Å². The monoisotopic (exact) mass is 263 g/mol. The van der Waals surface area contributed by atoms with Crippen LogP contribution >= 0.6 is 11.6 Å². The Morgan fingerprint density at radius 3 is 2.81 bits per heavy atom. The Hall–Kier alpha value is -1.08. The lowest BCUT2D eigenvalue weighted by molar-refractivity contribution is 0.531. The summed E-state index contributed by atoms with van der Waals surface area (Å²) in [5, 5.41) is -0.0536. The third kappa shape index (κ3) is 1.92. The first-order chi connectivity index (χ1) is 7.41. The Bertz CT molecular complexity index is 581. The summed E-state index contributed by atoms with van der Waals surface area (Å²) >= 11 is 5.58. The predicted molar refractivity (Wildman–Crippen MR) is 60.2 cm³/mol. The number of nitrogens with zero attached hydrogens (tertiary/aromatic N) is 2.